The van der Waals surface area contributed by atoms with Gasteiger partial charge in [-0.3, -0.25) is 9.36 Å². The number of hydrogen-bond acceptors (Lipinski definition) is 3. The zero-order valence-corrected chi connectivity index (χ0v) is 9.87. The van der Waals surface area contributed by atoms with Crippen molar-refractivity contribution in [2.45, 2.75) is 13.0 Å². The lowest BCUT2D eigenvalue weighted by Crippen LogP contribution is -2.28. The Morgan fingerprint density at radius 2 is 2.17 bits per heavy atom. The molecule has 2 aromatic rings. The number of nitrogens with two attached hydrogens (primary N) is 1. The van der Waals surface area contributed by atoms with E-state index in [1.54, 1.807) is 0 Å². The first-order valence-electron chi connectivity index (χ1n) is 5.30. The van der Waals surface area contributed by atoms with E-state index in [-0.39, 0.29) is 22.9 Å². The molecule has 7 heteroatoms. The zero-order valence-electron chi connectivity index (χ0n) is 9.87. The number of nitrogens with zero attached hydrogens (tertiary/aromatic N) is 2. The number of rotatable bonds is 2. The number of imidazole rings is 1. The van der Waals surface area contributed by atoms with E-state index in [9.17, 15) is 13.6 Å². The third-order valence-electron chi connectivity index (χ3n) is 2.78. The summed E-state index contributed by atoms with van der Waals surface area (Å²) in [6, 6.07) is 1.51. The largest absolute Gasteiger partial charge is 0.369 e. The van der Waals surface area contributed by atoms with Crippen molar-refractivity contribution in [1.29, 1.82) is 0 Å². The molecule has 2 rings (SSSR count). The fourth-order valence-corrected chi connectivity index (χ4v) is 1.86. The van der Waals surface area contributed by atoms with E-state index < -0.39 is 17.7 Å². The van der Waals surface area contributed by atoms with Crippen LogP contribution in [0.4, 0.5) is 14.7 Å². The van der Waals surface area contributed by atoms with E-state index in [0.717, 1.165) is 6.07 Å². The van der Waals surface area contributed by atoms with Crippen molar-refractivity contribution in [3.8, 4) is 0 Å². The third kappa shape index (κ3) is 1.68. The monoisotopic (exact) mass is 254 g/mol. The molecule has 0 spiro atoms. The summed E-state index contributed by atoms with van der Waals surface area (Å²) in [5, 5.41) is 2.42. The molecule has 18 heavy (non-hydrogen) atoms. The first-order valence-corrected chi connectivity index (χ1v) is 5.30. The molecule has 0 aliphatic rings. The molecule has 3 N–H and O–H groups in total. The van der Waals surface area contributed by atoms with E-state index in [2.05, 4.69) is 10.3 Å². The van der Waals surface area contributed by atoms with Crippen LogP contribution in [0, 0.1) is 11.6 Å². The van der Waals surface area contributed by atoms with Gasteiger partial charge in [-0.25, -0.2) is 13.8 Å². The summed E-state index contributed by atoms with van der Waals surface area (Å²) >= 11 is 0. The average Bonchev–Trinajstić information content (AvgIpc) is 2.69. The Morgan fingerprint density at radius 1 is 1.50 bits per heavy atom. The Hall–Kier alpha value is -2.18. The SMILES string of the molecule is CNC(=O)C(C)n1c(N)nc2ccc(F)c(F)c21. The molecule has 96 valence electrons. The van der Waals surface area contributed by atoms with Crippen molar-refractivity contribution in [2.24, 2.45) is 0 Å². The van der Waals surface area contributed by atoms with Gasteiger partial charge in [-0.15, -0.1) is 0 Å². The van der Waals surface area contributed by atoms with Crippen molar-refractivity contribution >= 4 is 22.9 Å². The van der Waals surface area contributed by atoms with Crippen LogP contribution in [0.5, 0.6) is 0 Å². The van der Waals surface area contributed by atoms with Crippen LogP contribution in [0.1, 0.15) is 13.0 Å². The number of halogens is 2. The number of likely N-dealkylation sites (N-methyl/N-ethyl adjacent to an activating group) is 1. The maximum atomic E-state index is 13.8. The summed E-state index contributed by atoms with van der Waals surface area (Å²) in [4.78, 5) is 15.5. The second kappa shape index (κ2) is 4.25. The van der Waals surface area contributed by atoms with E-state index >= 15 is 0 Å². The number of hydrogen-bond donors (Lipinski definition) is 2. The number of aromatic nitrogens is 2. The molecule has 5 nitrogen and oxygen atoms in total. The second-order valence-corrected chi connectivity index (χ2v) is 3.86. The molecule has 0 aliphatic heterocycles. The Bertz CT molecular complexity index is 623. The molecule has 1 aromatic carbocycles. The minimum absolute atomic E-state index is 0.0365. The van der Waals surface area contributed by atoms with Crippen molar-refractivity contribution in [1.82, 2.24) is 14.9 Å². The molecule has 0 saturated heterocycles. The third-order valence-corrected chi connectivity index (χ3v) is 2.78. The number of benzene rings is 1. The summed E-state index contributed by atoms with van der Waals surface area (Å²) in [5.74, 6) is -2.48. The van der Waals surface area contributed by atoms with E-state index in [0.29, 0.717) is 0 Å². The van der Waals surface area contributed by atoms with Gasteiger partial charge in [-0.05, 0) is 19.1 Å². The summed E-state index contributed by atoms with van der Waals surface area (Å²) in [6.07, 6.45) is 0. The van der Waals surface area contributed by atoms with Gasteiger partial charge in [0.1, 0.15) is 11.6 Å². The van der Waals surface area contributed by atoms with E-state index in [4.69, 9.17) is 5.73 Å². The predicted molar refractivity (Wildman–Crippen MR) is 62.8 cm³/mol. The highest BCUT2D eigenvalue weighted by atomic mass is 19.2. The number of fused-ring (bicyclic) bond motifs is 1. The van der Waals surface area contributed by atoms with Gasteiger partial charge in [0.2, 0.25) is 11.9 Å². The first-order chi connectivity index (χ1) is 8.47. The van der Waals surface area contributed by atoms with Crippen molar-refractivity contribution < 1.29 is 13.6 Å². The summed E-state index contributed by atoms with van der Waals surface area (Å²) in [7, 11) is 1.45. The molecule has 1 heterocycles. The Balaban J connectivity index is 2.73. The van der Waals surface area contributed by atoms with E-state index in [1.165, 1.54) is 24.6 Å². The van der Waals surface area contributed by atoms with Gasteiger partial charge in [-0.2, -0.15) is 0 Å². The molecule has 0 radical (unpaired) electrons. The quantitative estimate of drug-likeness (QED) is 0.845. The van der Waals surface area contributed by atoms with Crippen molar-refractivity contribution in [3.05, 3.63) is 23.8 Å². The van der Waals surface area contributed by atoms with Gasteiger partial charge in [0.05, 0.1) is 5.52 Å². The topological polar surface area (TPSA) is 72.9 Å². The lowest BCUT2D eigenvalue weighted by atomic mass is 10.2. The second-order valence-electron chi connectivity index (χ2n) is 3.86. The summed E-state index contributed by atoms with van der Waals surface area (Å²) in [6.45, 7) is 1.53. The van der Waals surface area contributed by atoms with E-state index in [1.807, 2.05) is 0 Å². The summed E-state index contributed by atoms with van der Waals surface area (Å²) < 4.78 is 28.2. The minimum Gasteiger partial charge on any atom is -0.369 e. The van der Waals surface area contributed by atoms with Gasteiger partial charge in [-0.1, -0.05) is 0 Å². The lowest BCUT2D eigenvalue weighted by Gasteiger charge is -2.14. The number of carbonyl (C=O) groups is 1. The van der Waals surface area contributed by atoms with Gasteiger partial charge in [0, 0.05) is 7.05 Å². The molecule has 1 atom stereocenters. The van der Waals surface area contributed by atoms with Crippen LogP contribution in [-0.4, -0.2) is 22.5 Å². The number of amides is 1. The molecule has 1 aromatic heterocycles. The van der Waals surface area contributed by atoms with Gasteiger partial charge >= 0.3 is 0 Å². The fraction of sp³-hybridized carbons (Fsp3) is 0.273. The van der Waals surface area contributed by atoms with Crippen LogP contribution in [0.2, 0.25) is 0 Å². The van der Waals surface area contributed by atoms with Crippen LogP contribution in [0.3, 0.4) is 0 Å². The molecule has 0 aliphatic carbocycles. The average molecular weight is 254 g/mol. The maximum absolute atomic E-state index is 13.8. The molecule has 1 amide bonds. The number of anilines is 1. The molecule has 0 bridgehead atoms. The predicted octanol–water partition coefficient (Wildman–Crippen LogP) is 1.20. The number of carbonyl (C=O) groups excluding carboxylic acids is 1. The molecule has 1 unspecified atom stereocenters. The Labute approximate surface area is 102 Å². The van der Waals surface area contributed by atoms with Crippen LogP contribution in [-0.2, 0) is 4.79 Å². The van der Waals surface area contributed by atoms with Crippen LogP contribution in [0.25, 0.3) is 11.0 Å². The molecular formula is C11H12F2N4O. The van der Waals surface area contributed by atoms with Crippen molar-refractivity contribution in [3.63, 3.8) is 0 Å². The zero-order chi connectivity index (χ0) is 13.4. The molecular weight excluding hydrogens is 242 g/mol. The molecule has 0 fully saturated rings. The van der Waals surface area contributed by atoms with Crippen LogP contribution in [0.15, 0.2) is 12.1 Å². The van der Waals surface area contributed by atoms with Gasteiger partial charge in [0.25, 0.3) is 0 Å². The number of nitrogens with one attached hydrogen (secondary N) is 1. The van der Waals surface area contributed by atoms with Crippen LogP contribution >= 0.6 is 0 Å². The van der Waals surface area contributed by atoms with Gasteiger partial charge in [0.15, 0.2) is 11.6 Å². The van der Waals surface area contributed by atoms with Crippen molar-refractivity contribution in [2.75, 3.05) is 12.8 Å². The Morgan fingerprint density at radius 3 is 2.78 bits per heavy atom. The van der Waals surface area contributed by atoms with Crippen LogP contribution < -0.4 is 11.1 Å². The fourth-order valence-electron chi connectivity index (χ4n) is 1.86. The normalized spacial score (nSPS) is 12.7. The lowest BCUT2D eigenvalue weighted by molar-refractivity contribution is -0.123. The smallest absolute Gasteiger partial charge is 0.242 e. The standard InChI is InChI=1S/C11H12F2N4O/c1-5(10(18)15-2)17-9-7(16-11(17)14)4-3-6(12)8(9)13/h3-5H,1-2H3,(H2,14,16)(H,15,18). The first kappa shape index (κ1) is 12.3. The minimum atomic E-state index is -1.06. The Kier molecular flexibility index (Phi) is 2.90. The number of nitrogen functional groups attached to an aromatic ring is 1. The molecule has 0 saturated carbocycles. The highest BCUT2D eigenvalue weighted by molar-refractivity contribution is 5.85. The highest BCUT2D eigenvalue weighted by Crippen LogP contribution is 2.26. The summed E-state index contributed by atoms with van der Waals surface area (Å²) in [5.41, 5.74) is 5.75. The highest BCUT2D eigenvalue weighted by Gasteiger charge is 2.23. The van der Waals surface area contributed by atoms with Gasteiger partial charge < -0.3 is 11.1 Å². The maximum Gasteiger partial charge on any atom is 0.242 e.